The largest absolute Gasteiger partial charge is 0.497 e. The molecular weight excluding hydrogens is 358 g/mol. The molecule has 1 saturated heterocycles. The molecule has 1 atom stereocenters. The van der Waals surface area contributed by atoms with Gasteiger partial charge in [0.15, 0.2) is 5.82 Å². The first kappa shape index (κ1) is 18.1. The number of hydrogen-bond acceptors (Lipinski definition) is 7. The molecule has 2 aromatic heterocycles. The van der Waals surface area contributed by atoms with Crippen molar-refractivity contribution in [1.29, 1.82) is 0 Å². The van der Waals surface area contributed by atoms with Crippen LogP contribution in [0, 0.1) is 6.92 Å². The van der Waals surface area contributed by atoms with Gasteiger partial charge in [-0.2, -0.15) is 4.98 Å². The zero-order chi connectivity index (χ0) is 19.5. The SMILES string of the molecule is COc1ccc(C(=O)N2CCCC2Cc2noc(-c3cnccn3)n2)c(C)c1. The number of aryl methyl sites for hydroxylation is 1. The third-order valence-corrected chi connectivity index (χ3v) is 4.97. The van der Waals surface area contributed by atoms with E-state index in [1.54, 1.807) is 25.7 Å². The van der Waals surface area contributed by atoms with Crippen LogP contribution < -0.4 is 4.74 Å². The predicted octanol–water partition coefficient (Wildman–Crippen LogP) is 2.69. The lowest BCUT2D eigenvalue weighted by Crippen LogP contribution is -2.37. The Morgan fingerprint density at radius 3 is 3.00 bits per heavy atom. The highest BCUT2D eigenvalue weighted by Crippen LogP contribution is 2.26. The van der Waals surface area contributed by atoms with Crippen molar-refractivity contribution < 1.29 is 14.1 Å². The molecule has 3 heterocycles. The van der Waals surface area contributed by atoms with Gasteiger partial charge in [0.2, 0.25) is 0 Å². The van der Waals surface area contributed by atoms with Gasteiger partial charge in [0, 0.05) is 37.0 Å². The van der Waals surface area contributed by atoms with Crippen LogP contribution in [0.2, 0.25) is 0 Å². The summed E-state index contributed by atoms with van der Waals surface area (Å²) in [6.07, 6.45) is 7.16. The third-order valence-electron chi connectivity index (χ3n) is 4.97. The molecule has 0 radical (unpaired) electrons. The fourth-order valence-corrected chi connectivity index (χ4v) is 3.53. The van der Waals surface area contributed by atoms with Crippen LogP contribution in [0.3, 0.4) is 0 Å². The second-order valence-electron chi connectivity index (χ2n) is 6.79. The summed E-state index contributed by atoms with van der Waals surface area (Å²) in [4.78, 5) is 27.6. The molecule has 8 nitrogen and oxygen atoms in total. The minimum absolute atomic E-state index is 0.0281. The summed E-state index contributed by atoms with van der Waals surface area (Å²) in [5.74, 6) is 1.68. The lowest BCUT2D eigenvalue weighted by atomic mass is 10.1. The molecule has 0 spiro atoms. The van der Waals surface area contributed by atoms with Gasteiger partial charge >= 0.3 is 0 Å². The first-order valence-electron chi connectivity index (χ1n) is 9.20. The van der Waals surface area contributed by atoms with Crippen LogP contribution in [0.5, 0.6) is 5.75 Å². The molecule has 0 aliphatic carbocycles. The Morgan fingerprint density at radius 2 is 2.25 bits per heavy atom. The van der Waals surface area contributed by atoms with Crippen LogP contribution in [0.1, 0.15) is 34.6 Å². The van der Waals surface area contributed by atoms with Crippen molar-refractivity contribution in [2.24, 2.45) is 0 Å². The standard InChI is InChI=1S/C20H21N5O3/c1-13-10-15(27-2)5-6-16(13)20(26)25-9-3-4-14(25)11-18-23-19(28-24-18)17-12-21-7-8-22-17/h5-8,10,12,14H,3-4,9,11H2,1-2H3. The van der Waals surface area contributed by atoms with Crippen LogP contribution in [-0.4, -0.2) is 50.6 Å². The van der Waals surface area contributed by atoms with E-state index in [-0.39, 0.29) is 11.9 Å². The Balaban J connectivity index is 1.50. The summed E-state index contributed by atoms with van der Waals surface area (Å²) >= 11 is 0. The molecule has 1 fully saturated rings. The quantitative estimate of drug-likeness (QED) is 0.673. The van der Waals surface area contributed by atoms with Gasteiger partial charge in [0.05, 0.1) is 13.3 Å². The molecule has 8 heteroatoms. The summed E-state index contributed by atoms with van der Waals surface area (Å²) in [5.41, 5.74) is 2.13. The summed E-state index contributed by atoms with van der Waals surface area (Å²) in [6, 6.07) is 5.57. The molecule has 0 N–H and O–H groups in total. The van der Waals surface area contributed by atoms with E-state index in [2.05, 4.69) is 20.1 Å². The first-order chi connectivity index (χ1) is 13.7. The first-order valence-corrected chi connectivity index (χ1v) is 9.20. The zero-order valence-electron chi connectivity index (χ0n) is 15.8. The van der Waals surface area contributed by atoms with Crippen LogP contribution in [0.4, 0.5) is 0 Å². The average molecular weight is 379 g/mol. The third kappa shape index (κ3) is 3.58. The molecule has 4 rings (SSSR count). The number of carbonyl (C=O) groups is 1. The molecule has 1 aliphatic rings. The van der Waals surface area contributed by atoms with Gasteiger partial charge in [0.1, 0.15) is 11.4 Å². The van der Waals surface area contributed by atoms with Crippen molar-refractivity contribution in [3.63, 3.8) is 0 Å². The summed E-state index contributed by atoms with van der Waals surface area (Å²) < 4.78 is 10.5. The monoisotopic (exact) mass is 379 g/mol. The smallest absolute Gasteiger partial charge is 0.278 e. The van der Waals surface area contributed by atoms with Gasteiger partial charge in [-0.25, -0.2) is 4.98 Å². The average Bonchev–Trinajstić information content (AvgIpc) is 3.38. The summed E-state index contributed by atoms with van der Waals surface area (Å²) in [7, 11) is 1.62. The van der Waals surface area contributed by atoms with E-state index >= 15 is 0 Å². The van der Waals surface area contributed by atoms with E-state index in [1.165, 1.54) is 0 Å². The van der Waals surface area contributed by atoms with Crippen molar-refractivity contribution in [2.75, 3.05) is 13.7 Å². The zero-order valence-corrected chi connectivity index (χ0v) is 15.8. The Hall–Kier alpha value is -3.29. The molecule has 0 saturated carbocycles. The van der Waals surface area contributed by atoms with E-state index in [0.29, 0.717) is 29.4 Å². The molecule has 1 amide bonds. The van der Waals surface area contributed by atoms with Crippen molar-refractivity contribution >= 4 is 5.91 Å². The van der Waals surface area contributed by atoms with Gasteiger partial charge in [-0.3, -0.25) is 9.78 Å². The normalized spacial score (nSPS) is 16.4. The fourth-order valence-electron chi connectivity index (χ4n) is 3.53. The molecule has 1 unspecified atom stereocenters. The van der Waals surface area contributed by atoms with E-state index in [9.17, 15) is 4.79 Å². The van der Waals surface area contributed by atoms with Crippen molar-refractivity contribution in [3.8, 4) is 17.3 Å². The maximum atomic E-state index is 13.1. The second-order valence-corrected chi connectivity index (χ2v) is 6.79. The lowest BCUT2D eigenvalue weighted by molar-refractivity contribution is 0.0734. The number of likely N-dealkylation sites (tertiary alicyclic amines) is 1. The molecule has 28 heavy (non-hydrogen) atoms. The van der Waals surface area contributed by atoms with Crippen LogP contribution >= 0.6 is 0 Å². The van der Waals surface area contributed by atoms with Crippen molar-refractivity contribution in [1.82, 2.24) is 25.0 Å². The highest BCUT2D eigenvalue weighted by atomic mass is 16.5. The molecule has 1 aromatic carbocycles. The predicted molar refractivity (Wildman–Crippen MR) is 101 cm³/mol. The minimum atomic E-state index is 0.0281. The molecule has 1 aliphatic heterocycles. The van der Waals surface area contributed by atoms with Crippen LogP contribution in [0.25, 0.3) is 11.6 Å². The van der Waals surface area contributed by atoms with Crippen LogP contribution in [0.15, 0.2) is 41.3 Å². The number of carbonyl (C=O) groups excluding carboxylic acids is 1. The van der Waals surface area contributed by atoms with Gasteiger partial charge in [-0.15, -0.1) is 0 Å². The number of amides is 1. The maximum absolute atomic E-state index is 13.1. The van der Waals surface area contributed by atoms with Crippen molar-refractivity contribution in [3.05, 3.63) is 53.7 Å². The summed E-state index contributed by atoms with van der Waals surface area (Å²) in [6.45, 7) is 2.65. The minimum Gasteiger partial charge on any atom is -0.497 e. The van der Waals surface area contributed by atoms with Crippen LogP contribution in [-0.2, 0) is 6.42 Å². The van der Waals surface area contributed by atoms with E-state index in [4.69, 9.17) is 9.26 Å². The number of aromatic nitrogens is 4. The molecular formula is C20H21N5O3. The maximum Gasteiger partial charge on any atom is 0.278 e. The summed E-state index contributed by atoms with van der Waals surface area (Å²) in [5, 5.41) is 4.05. The Kier molecular flexibility index (Phi) is 5.01. The molecule has 3 aromatic rings. The number of benzene rings is 1. The molecule has 144 valence electrons. The topological polar surface area (TPSA) is 94.2 Å². The van der Waals surface area contributed by atoms with E-state index in [0.717, 1.165) is 30.7 Å². The number of hydrogen-bond donors (Lipinski definition) is 0. The van der Waals surface area contributed by atoms with Gasteiger partial charge in [-0.1, -0.05) is 5.16 Å². The molecule has 0 bridgehead atoms. The number of nitrogens with zero attached hydrogens (tertiary/aromatic N) is 5. The van der Waals surface area contributed by atoms with Crippen molar-refractivity contribution in [2.45, 2.75) is 32.2 Å². The Bertz CT molecular complexity index is 973. The Morgan fingerprint density at radius 1 is 1.36 bits per heavy atom. The Labute approximate surface area is 162 Å². The lowest BCUT2D eigenvalue weighted by Gasteiger charge is -2.24. The fraction of sp³-hybridized carbons (Fsp3) is 0.350. The number of methoxy groups -OCH3 is 1. The number of rotatable bonds is 5. The van der Waals surface area contributed by atoms with Gasteiger partial charge < -0.3 is 14.2 Å². The second kappa shape index (κ2) is 7.75. The van der Waals surface area contributed by atoms with E-state index < -0.39 is 0 Å². The highest BCUT2D eigenvalue weighted by Gasteiger charge is 2.31. The highest BCUT2D eigenvalue weighted by molar-refractivity contribution is 5.96. The van der Waals surface area contributed by atoms with Gasteiger partial charge in [-0.05, 0) is 43.5 Å². The number of ether oxygens (including phenoxy) is 1. The van der Waals surface area contributed by atoms with Gasteiger partial charge in [0.25, 0.3) is 11.8 Å². The van der Waals surface area contributed by atoms with E-state index in [1.807, 2.05) is 30.0 Å².